The van der Waals surface area contributed by atoms with Gasteiger partial charge in [0.2, 0.25) is 0 Å². The Labute approximate surface area is 153 Å². The lowest BCUT2D eigenvalue weighted by Gasteiger charge is -2.36. The molecule has 26 heavy (non-hydrogen) atoms. The minimum atomic E-state index is -0.425. The van der Waals surface area contributed by atoms with E-state index >= 15 is 0 Å². The molecule has 0 saturated carbocycles. The van der Waals surface area contributed by atoms with Crippen molar-refractivity contribution in [3.05, 3.63) is 45.8 Å². The molecule has 1 aromatic carbocycles. The Morgan fingerprint density at radius 2 is 2.00 bits per heavy atom. The number of aromatic nitrogens is 3. The molecule has 0 bridgehead atoms. The predicted molar refractivity (Wildman–Crippen MR) is 93.3 cm³/mol. The number of hydrogen-bond acceptors (Lipinski definition) is 8. The molecule has 0 N–H and O–H groups in total. The molecular formula is C16H17N5O4S. The first-order chi connectivity index (χ1) is 12.5. The maximum Gasteiger partial charge on any atom is 0.269 e. The third-order valence-corrected chi connectivity index (χ3v) is 5.73. The van der Waals surface area contributed by atoms with Crippen molar-refractivity contribution < 1.29 is 14.5 Å². The molecule has 2 atom stereocenters. The van der Waals surface area contributed by atoms with Crippen LogP contribution in [-0.4, -0.2) is 62.0 Å². The molecule has 2 aliphatic heterocycles. The molecule has 0 radical (unpaired) electrons. The van der Waals surface area contributed by atoms with Gasteiger partial charge in [-0.25, -0.2) is 4.98 Å². The van der Waals surface area contributed by atoms with Crippen LogP contribution in [0, 0.1) is 17.0 Å². The zero-order valence-corrected chi connectivity index (χ0v) is 14.9. The Hall–Kier alpha value is -2.30. The van der Waals surface area contributed by atoms with E-state index < -0.39 is 10.2 Å². The first-order valence-corrected chi connectivity index (χ1v) is 9.13. The van der Waals surface area contributed by atoms with Crippen LogP contribution in [0.5, 0.6) is 0 Å². The number of nitro groups is 1. The summed E-state index contributed by atoms with van der Waals surface area (Å²) in [5.74, 6) is 0.456. The van der Waals surface area contributed by atoms with Crippen LogP contribution in [-0.2, 0) is 4.74 Å². The number of non-ortho nitro benzene ring substituents is 1. The second-order valence-electron chi connectivity index (χ2n) is 6.17. The highest BCUT2D eigenvalue weighted by atomic mass is 32.2. The Kier molecular flexibility index (Phi) is 4.47. The smallest absolute Gasteiger partial charge is 0.269 e. The van der Waals surface area contributed by atoms with Gasteiger partial charge in [-0.05, 0) is 12.5 Å². The van der Waals surface area contributed by atoms with Gasteiger partial charge in [0.05, 0.1) is 24.2 Å². The topological polar surface area (TPSA) is 103 Å². The molecule has 136 valence electrons. The molecule has 0 aliphatic carbocycles. The van der Waals surface area contributed by atoms with Gasteiger partial charge in [-0.15, -0.1) is 5.10 Å². The summed E-state index contributed by atoms with van der Waals surface area (Å²) in [7, 11) is 0. The minimum Gasteiger partial charge on any atom is -0.379 e. The Balaban J connectivity index is 1.68. The average molecular weight is 375 g/mol. The van der Waals surface area contributed by atoms with Crippen LogP contribution in [0.4, 0.5) is 5.69 Å². The maximum atomic E-state index is 12.9. The van der Waals surface area contributed by atoms with Crippen molar-refractivity contribution in [1.82, 2.24) is 19.7 Å². The molecule has 0 amide bonds. The van der Waals surface area contributed by atoms with Crippen molar-refractivity contribution in [1.29, 1.82) is 0 Å². The van der Waals surface area contributed by atoms with Crippen molar-refractivity contribution in [3.8, 4) is 0 Å². The van der Waals surface area contributed by atoms with E-state index in [9.17, 15) is 14.9 Å². The Bertz CT molecular complexity index is 847. The summed E-state index contributed by atoms with van der Waals surface area (Å²) >= 11 is 1.40. The number of ether oxygens (including phenoxy) is 1. The van der Waals surface area contributed by atoms with E-state index in [0.29, 0.717) is 37.3 Å². The highest BCUT2D eigenvalue weighted by molar-refractivity contribution is 8.00. The summed E-state index contributed by atoms with van der Waals surface area (Å²) in [4.78, 5) is 29.9. The first-order valence-electron chi connectivity index (χ1n) is 8.25. The summed E-state index contributed by atoms with van der Waals surface area (Å²) < 4.78 is 6.80. The van der Waals surface area contributed by atoms with Crippen LogP contribution in [0.2, 0.25) is 0 Å². The lowest BCUT2D eigenvalue weighted by Crippen LogP contribution is -2.44. The number of nitrogens with zero attached hydrogens (tertiary/aromatic N) is 5. The van der Waals surface area contributed by atoms with Crippen LogP contribution >= 0.6 is 11.8 Å². The van der Waals surface area contributed by atoms with Crippen molar-refractivity contribution in [2.45, 2.75) is 23.4 Å². The second-order valence-corrected chi connectivity index (χ2v) is 7.28. The summed E-state index contributed by atoms with van der Waals surface area (Å²) in [6, 6.07) is 6.19. The summed E-state index contributed by atoms with van der Waals surface area (Å²) in [6.45, 7) is 4.33. The lowest BCUT2D eigenvalue weighted by atomic mass is 10.00. The molecule has 1 aromatic heterocycles. The van der Waals surface area contributed by atoms with Gasteiger partial charge in [0.25, 0.3) is 11.6 Å². The van der Waals surface area contributed by atoms with Crippen molar-refractivity contribution in [2.24, 2.45) is 0 Å². The van der Waals surface area contributed by atoms with E-state index in [-0.39, 0.29) is 17.6 Å². The number of benzene rings is 1. The van der Waals surface area contributed by atoms with E-state index in [1.54, 1.807) is 19.1 Å². The largest absolute Gasteiger partial charge is 0.379 e. The Morgan fingerprint density at radius 3 is 2.62 bits per heavy atom. The van der Waals surface area contributed by atoms with E-state index in [4.69, 9.17) is 4.74 Å². The normalized spacial score (nSPS) is 21.6. The molecule has 2 unspecified atom stereocenters. The predicted octanol–water partition coefficient (Wildman–Crippen LogP) is 1.68. The van der Waals surface area contributed by atoms with E-state index in [0.717, 1.165) is 5.56 Å². The third-order valence-electron chi connectivity index (χ3n) is 4.54. The zero-order valence-electron chi connectivity index (χ0n) is 14.1. The zero-order chi connectivity index (χ0) is 18.3. The number of thioether (sulfide) groups is 1. The van der Waals surface area contributed by atoms with Gasteiger partial charge in [0.15, 0.2) is 5.16 Å². The van der Waals surface area contributed by atoms with Gasteiger partial charge in [0.1, 0.15) is 11.1 Å². The number of nitro benzene ring substituents is 1. The third kappa shape index (κ3) is 3.00. The van der Waals surface area contributed by atoms with Crippen molar-refractivity contribution in [3.63, 3.8) is 0 Å². The molecule has 4 rings (SSSR count). The number of carbonyl (C=O) groups excluding carboxylic acids is 1. The van der Waals surface area contributed by atoms with E-state index in [1.807, 2.05) is 0 Å². The van der Waals surface area contributed by atoms with Crippen LogP contribution in [0.15, 0.2) is 29.4 Å². The lowest BCUT2D eigenvalue weighted by molar-refractivity contribution is -0.384. The highest BCUT2D eigenvalue weighted by Crippen LogP contribution is 2.41. The summed E-state index contributed by atoms with van der Waals surface area (Å²) in [5.41, 5.74) is 0.899. The number of fused-ring (bicyclic) bond motifs is 1. The fourth-order valence-electron chi connectivity index (χ4n) is 3.33. The van der Waals surface area contributed by atoms with Gasteiger partial charge < -0.3 is 4.74 Å². The fraction of sp³-hybridized carbons (Fsp3) is 0.438. The standard InChI is InChI=1S/C16H17N5O4S/c1-10-17-16-20(18-10)15(22)14(26-16)13(19-6-8-25-9-7-19)11-2-4-12(5-3-11)21(23)24/h2-5,13-14H,6-9H2,1H3. The van der Waals surface area contributed by atoms with Gasteiger partial charge in [0, 0.05) is 25.2 Å². The van der Waals surface area contributed by atoms with Gasteiger partial charge in [-0.3, -0.25) is 19.8 Å². The van der Waals surface area contributed by atoms with Gasteiger partial charge >= 0.3 is 0 Å². The molecule has 3 heterocycles. The molecule has 2 aliphatic rings. The summed E-state index contributed by atoms with van der Waals surface area (Å²) in [6.07, 6.45) is 0. The number of carbonyl (C=O) groups is 1. The first kappa shape index (κ1) is 17.1. The molecular weight excluding hydrogens is 358 g/mol. The number of morpholine rings is 1. The molecule has 1 saturated heterocycles. The number of aryl methyl sites for hydroxylation is 1. The van der Waals surface area contributed by atoms with Crippen molar-refractivity contribution >= 4 is 23.4 Å². The van der Waals surface area contributed by atoms with E-state index in [1.165, 1.54) is 28.6 Å². The monoisotopic (exact) mass is 375 g/mol. The SMILES string of the molecule is Cc1nc2n(n1)C(=O)C(C(c1ccc([N+](=O)[O-])cc1)N1CCOCC1)S2. The average Bonchev–Trinajstić information content (AvgIpc) is 3.14. The fourth-order valence-corrected chi connectivity index (χ4v) is 4.63. The quantitative estimate of drug-likeness (QED) is 0.587. The molecule has 1 fully saturated rings. The molecule has 10 heteroatoms. The summed E-state index contributed by atoms with van der Waals surface area (Å²) in [5, 5.41) is 15.3. The second kappa shape index (κ2) is 6.78. The molecule has 9 nitrogen and oxygen atoms in total. The minimum absolute atomic E-state index is 0.0325. The number of rotatable bonds is 4. The van der Waals surface area contributed by atoms with Crippen LogP contribution in [0.3, 0.4) is 0 Å². The van der Waals surface area contributed by atoms with Crippen LogP contribution in [0.1, 0.15) is 22.2 Å². The van der Waals surface area contributed by atoms with Crippen LogP contribution < -0.4 is 0 Å². The Morgan fingerprint density at radius 1 is 1.31 bits per heavy atom. The molecule has 2 aromatic rings. The van der Waals surface area contributed by atoms with Gasteiger partial charge in [-0.2, -0.15) is 4.68 Å². The number of hydrogen-bond donors (Lipinski definition) is 0. The highest BCUT2D eigenvalue weighted by Gasteiger charge is 2.43. The maximum absolute atomic E-state index is 12.9. The van der Waals surface area contributed by atoms with Gasteiger partial charge in [-0.1, -0.05) is 23.9 Å². The molecule has 0 spiro atoms. The van der Waals surface area contributed by atoms with Crippen molar-refractivity contribution in [2.75, 3.05) is 26.3 Å². The van der Waals surface area contributed by atoms with E-state index in [2.05, 4.69) is 15.0 Å². The van der Waals surface area contributed by atoms with Crippen LogP contribution in [0.25, 0.3) is 0 Å².